The molecule has 0 saturated carbocycles. The predicted octanol–water partition coefficient (Wildman–Crippen LogP) is 6.75. The summed E-state index contributed by atoms with van der Waals surface area (Å²) in [6.07, 6.45) is 1.43. The van der Waals surface area contributed by atoms with Gasteiger partial charge >= 0.3 is 5.97 Å². The summed E-state index contributed by atoms with van der Waals surface area (Å²) in [6.45, 7) is 2.15. The molecule has 0 atom stereocenters. The van der Waals surface area contributed by atoms with E-state index in [1.807, 2.05) is 6.92 Å². The number of carbonyl (C=O) groups is 3. The van der Waals surface area contributed by atoms with Crippen molar-refractivity contribution in [2.45, 2.75) is 6.92 Å². The highest BCUT2D eigenvalue weighted by atomic mass is 79.9. The Balaban J connectivity index is 1.41. The van der Waals surface area contributed by atoms with Gasteiger partial charge in [0.1, 0.15) is 5.75 Å². The molecule has 0 unspecified atom stereocenters. The van der Waals surface area contributed by atoms with Crippen LogP contribution < -0.4 is 25.0 Å². The maximum Gasteiger partial charge on any atom is 0.343 e. The van der Waals surface area contributed by atoms with Gasteiger partial charge in [-0.3, -0.25) is 9.59 Å². The van der Waals surface area contributed by atoms with E-state index in [0.717, 1.165) is 4.47 Å². The lowest BCUT2D eigenvalue weighted by atomic mass is 10.1. The molecule has 0 aromatic heterocycles. The number of anilines is 1. The zero-order chi connectivity index (χ0) is 30.1. The summed E-state index contributed by atoms with van der Waals surface area (Å²) in [7, 11) is 1.46. The first kappa shape index (κ1) is 30.3. The SMILES string of the molecule is CCOc1cc(C=NNC(=O)c2cccc(NC(=O)c3cc(Cl)ccc3OC)c2)ccc1OC(=O)c1ccc(Br)cc1. The van der Waals surface area contributed by atoms with Crippen LogP contribution in [0.3, 0.4) is 0 Å². The van der Waals surface area contributed by atoms with Gasteiger partial charge in [-0.05, 0) is 91.3 Å². The first-order valence-corrected chi connectivity index (χ1v) is 13.8. The number of methoxy groups -OCH3 is 1. The summed E-state index contributed by atoms with van der Waals surface area (Å²) in [4.78, 5) is 38.1. The normalized spacial score (nSPS) is 10.7. The second-order valence-corrected chi connectivity index (χ2v) is 9.97. The molecule has 4 rings (SSSR count). The quantitative estimate of drug-likeness (QED) is 0.0850. The van der Waals surface area contributed by atoms with E-state index in [9.17, 15) is 14.4 Å². The molecule has 2 N–H and O–H groups in total. The van der Waals surface area contributed by atoms with Crippen molar-refractivity contribution in [3.8, 4) is 17.2 Å². The first-order chi connectivity index (χ1) is 20.3. The lowest BCUT2D eigenvalue weighted by Crippen LogP contribution is -2.18. The highest BCUT2D eigenvalue weighted by Gasteiger charge is 2.15. The van der Waals surface area contributed by atoms with E-state index in [4.69, 9.17) is 25.8 Å². The van der Waals surface area contributed by atoms with Gasteiger partial charge in [-0.2, -0.15) is 5.10 Å². The molecule has 0 aliphatic rings. The van der Waals surface area contributed by atoms with Crippen LogP contribution in [0.2, 0.25) is 5.02 Å². The van der Waals surface area contributed by atoms with E-state index in [1.165, 1.54) is 25.5 Å². The van der Waals surface area contributed by atoms with Crippen molar-refractivity contribution in [3.63, 3.8) is 0 Å². The molecule has 11 heteroatoms. The summed E-state index contributed by atoms with van der Waals surface area (Å²) in [6, 6.07) is 22.8. The van der Waals surface area contributed by atoms with Crippen LogP contribution in [0, 0.1) is 0 Å². The van der Waals surface area contributed by atoms with E-state index in [1.54, 1.807) is 72.8 Å². The molecule has 0 aliphatic carbocycles. The Kier molecular flexibility index (Phi) is 10.3. The molecule has 0 fully saturated rings. The molecule has 0 saturated heterocycles. The summed E-state index contributed by atoms with van der Waals surface area (Å²) in [5.41, 5.74) is 4.37. The zero-order valence-electron chi connectivity index (χ0n) is 22.5. The summed E-state index contributed by atoms with van der Waals surface area (Å²) >= 11 is 9.37. The summed E-state index contributed by atoms with van der Waals surface area (Å²) in [5.74, 6) is -0.502. The van der Waals surface area contributed by atoms with Crippen molar-refractivity contribution in [1.29, 1.82) is 0 Å². The van der Waals surface area contributed by atoms with Crippen molar-refractivity contribution in [2.75, 3.05) is 19.0 Å². The van der Waals surface area contributed by atoms with Gasteiger partial charge in [0.05, 0.1) is 31.1 Å². The number of nitrogens with zero attached hydrogens (tertiary/aromatic N) is 1. The van der Waals surface area contributed by atoms with Crippen molar-refractivity contribution < 1.29 is 28.6 Å². The van der Waals surface area contributed by atoms with Crippen molar-refractivity contribution in [1.82, 2.24) is 5.43 Å². The number of amides is 2. The minimum atomic E-state index is -0.526. The van der Waals surface area contributed by atoms with Crippen LogP contribution in [-0.2, 0) is 0 Å². The number of halogens is 2. The van der Waals surface area contributed by atoms with Crippen molar-refractivity contribution in [3.05, 3.63) is 117 Å². The third-order valence-electron chi connectivity index (χ3n) is 5.72. The third kappa shape index (κ3) is 7.96. The van der Waals surface area contributed by atoms with E-state index < -0.39 is 17.8 Å². The van der Waals surface area contributed by atoms with Crippen molar-refractivity contribution >= 4 is 57.2 Å². The van der Waals surface area contributed by atoms with Crippen LogP contribution in [0.1, 0.15) is 43.6 Å². The zero-order valence-corrected chi connectivity index (χ0v) is 24.9. The molecular weight excluding hydrogens is 626 g/mol. The Morgan fingerprint density at radius 1 is 0.881 bits per heavy atom. The predicted molar refractivity (Wildman–Crippen MR) is 164 cm³/mol. The van der Waals surface area contributed by atoms with E-state index >= 15 is 0 Å². The monoisotopic (exact) mass is 649 g/mol. The number of esters is 1. The lowest BCUT2D eigenvalue weighted by Gasteiger charge is -2.11. The number of carbonyl (C=O) groups excluding carboxylic acids is 3. The number of ether oxygens (including phenoxy) is 3. The fourth-order valence-electron chi connectivity index (χ4n) is 3.73. The molecular formula is C31H25BrClN3O6. The minimum Gasteiger partial charge on any atom is -0.496 e. The van der Waals surface area contributed by atoms with Gasteiger partial charge < -0.3 is 19.5 Å². The van der Waals surface area contributed by atoms with Crippen LogP contribution in [0.5, 0.6) is 17.2 Å². The molecule has 0 bridgehead atoms. The molecule has 4 aromatic carbocycles. The Morgan fingerprint density at radius 3 is 2.38 bits per heavy atom. The third-order valence-corrected chi connectivity index (χ3v) is 6.48. The van der Waals surface area contributed by atoms with Gasteiger partial charge in [0.15, 0.2) is 11.5 Å². The molecule has 0 heterocycles. The molecule has 214 valence electrons. The number of hydrogen-bond donors (Lipinski definition) is 2. The number of benzene rings is 4. The van der Waals surface area contributed by atoms with Gasteiger partial charge in [-0.25, -0.2) is 10.2 Å². The number of nitrogens with one attached hydrogen (secondary N) is 2. The second-order valence-electron chi connectivity index (χ2n) is 8.61. The standard InChI is InChI=1S/C31H25BrClN3O6/c1-3-41-28-15-19(7-13-27(28)42-31(39)20-8-10-22(32)11-9-20)18-34-36-29(37)21-5-4-6-24(16-21)35-30(38)25-17-23(33)12-14-26(25)40-2/h4-18H,3H2,1-2H3,(H,35,38)(H,36,37). The van der Waals surface area contributed by atoms with Crippen LogP contribution in [0.25, 0.3) is 0 Å². The first-order valence-electron chi connectivity index (χ1n) is 12.6. The topological polar surface area (TPSA) is 115 Å². The van der Waals surface area contributed by atoms with E-state index in [2.05, 4.69) is 31.8 Å². The van der Waals surface area contributed by atoms with Crippen LogP contribution >= 0.6 is 27.5 Å². The molecule has 0 radical (unpaired) electrons. The molecule has 42 heavy (non-hydrogen) atoms. The average Bonchev–Trinajstić information content (AvgIpc) is 2.99. The van der Waals surface area contributed by atoms with Crippen LogP contribution in [0.15, 0.2) is 94.5 Å². The second kappa shape index (κ2) is 14.3. The highest BCUT2D eigenvalue weighted by Crippen LogP contribution is 2.29. The van der Waals surface area contributed by atoms with Gasteiger partial charge in [0.2, 0.25) is 0 Å². The molecule has 0 spiro atoms. The fraction of sp³-hybridized carbons (Fsp3) is 0.0968. The van der Waals surface area contributed by atoms with Crippen LogP contribution in [-0.4, -0.2) is 37.7 Å². The maximum absolute atomic E-state index is 12.8. The maximum atomic E-state index is 12.8. The van der Waals surface area contributed by atoms with E-state index in [-0.39, 0.29) is 16.9 Å². The highest BCUT2D eigenvalue weighted by molar-refractivity contribution is 9.10. The summed E-state index contributed by atoms with van der Waals surface area (Å²) in [5, 5.41) is 7.15. The van der Waals surface area contributed by atoms with Gasteiger partial charge in [0, 0.05) is 20.7 Å². The Bertz CT molecular complexity index is 1640. The smallest absolute Gasteiger partial charge is 0.343 e. The Labute approximate surface area is 255 Å². The largest absolute Gasteiger partial charge is 0.496 e. The number of rotatable bonds is 10. The minimum absolute atomic E-state index is 0.250. The Hall–Kier alpha value is -4.67. The number of hydrogen-bond acceptors (Lipinski definition) is 7. The average molecular weight is 651 g/mol. The van der Waals surface area contributed by atoms with Crippen molar-refractivity contribution in [2.24, 2.45) is 5.10 Å². The summed E-state index contributed by atoms with van der Waals surface area (Å²) < 4.78 is 17.3. The molecule has 9 nitrogen and oxygen atoms in total. The molecule has 4 aromatic rings. The Morgan fingerprint density at radius 2 is 1.64 bits per heavy atom. The molecule has 0 aliphatic heterocycles. The van der Waals surface area contributed by atoms with E-state index in [0.29, 0.717) is 39.9 Å². The van der Waals surface area contributed by atoms with Gasteiger partial charge in [0.25, 0.3) is 11.8 Å². The number of hydrazone groups is 1. The fourth-order valence-corrected chi connectivity index (χ4v) is 4.16. The van der Waals surface area contributed by atoms with Crippen LogP contribution in [0.4, 0.5) is 5.69 Å². The van der Waals surface area contributed by atoms with Gasteiger partial charge in [-0.15, -0.1) is 0 Å². The molecule has 2 amide bonds. The lowest BCUT2D eigenvalue weighted by molar-refractivity contribution is 0.0728. The van der Waals surface area contributed by atoms with Gasteiger partial charge in [-0.1, -0.05) is 33.6 Å².